The van der Waals surface area contributed by atoms with Crippen LogP contribution in [-0.4, -0.2) is 20.9 Å². The van der Waals surface area contributed by atoms with E-state index in [0.29, 0.717) is 11.4 Å². The number of hydrogen-bond acceptors (Lipinski definition) is 4. The first-order valence-corrected chi connectivity index (χ1v) is 8.00. The van der Waals surface area contributed by atoms with E-state index in [0.717, 1.165) is 22.9 Å². The molecule has 5 rings (SSSR count). The van der Waals surface area contributed by atoms with Crippen molar-refractivity contribution in [1.82, 2.24) is 15.2 Å². The highest BCUT2D eigenvalue weighted by Crippen LogP contribution is 2.61. The second-order valence-electron chi connectivity index (χ2n) is 6.71. The number of anilines is 1. The van der Waals surface area contributed by atoms with Crippen LogP contribution >= 0.6 is 11.8 Å². The highest BCUT2D eigenvalue weighted by Gasteiger charge is 2.50. The molecule has 18 heavy (non-hydrogen) atoms. The Hall–Kier alpha value is -0.710. The molecule has 0 atom stereocenters. The van der Waals surface area contributed by atoms with Crippen molar-refractivity contribution in [3.05, 3.63) is 0 Å². The Morgan fingerprint density at radius 3 is 2.28 bits per heavy atom. The van der Waals surface area contributed by atoms with Gasteiger partial charge in [-0.2, -0.15) is 4.98 Å². The molecule has 4 aliphatic rings. The SMILES string of the molecule is Nc1nc(SCC23CC4CC(CC(C4)C2)C3)n[nH]1. The lowest BCUT2D eigenvalue weighted by molar-refractivity contribution is -0.0381. The minimum atomic E-state index is 0.433. The first-order chi connectivity index (χ1) is 8.71. The van der Waals surface area contributed by atoms with E-state index in [4.69, 9.17) is 5.73 Å². The molecule has 0 radical (unpaired) electrons. The Bertz CT molecular complexity index is 420. The lowest BCUT2D eigenvalue weighted by atomic mass is 9.50. The molecular weight excluding hydrogens is 244 g/mol. The van der Waals surface area contributed by atoms with E-state index >= 15 is 0 Å². The molecule has 0 spiro atoms. The van der Waals surface area contributed by atoms with E-state index in [-0.39, 0.29) is 0 Å². The van der Waals surface area contributed by atoms with Crippen LogP contribution in [-0.2, 0) is 0 Å². The van der Waals surface area contributed by atoms with Gasteiger partial charge in [0.1, 0.15) is 0 Å². The highest BCUT2D eigenvalue weighted by molar-refractivity contribution is 7.99. The summed E-state index contributed by atoms with van der Waals surface area (Å²) in [4.78, 5) is 4.20. The van der Waals surface area contributed by atoms with Gasteiger partial charge in [-0.1, -0.05) is 11.8 Å². The standard InChI is InChI=1S/C13H20N4S/c14-11-15-12(17-16-11)18-7-13-4-8-1-9(5-13)3-10(2-8)6-13/h8-10H,1-7H2,(H3,14,15,16,17). The Morgan fingerprint density at radius 2 is 1.78 bits per heavy atom. The van der Waals surface area contributed by atoms with Gasteiger partial charge in [-0.3, -0.25) is 0 Å². The molecule has 4 aliphatic carbocycles. The smallest absolute Gasteiger partial charge is 0.216 e. The van der Waals surface area contributed by atoms with Crippen LogP contribution in [0.15, 0.2) is 5.16 Å². The zero-order valence-corrected chi connectivity index (χ0v) is 11.4. The van der Waals surface area contributed by atoms with Gasteiger partial charge in [0.05, 0.1) is 0 Å². The molecule has 1 aromatic heterocycles. The zero-order chi connectivity index (χ0) is 12.2. The zero-order valence-electron chi connectivity index (χ0n) is 10.6. The van der Waals surface area contributed by atoms with Crippen LogP contribution in [0.1, 0.15) is 38.5 Å². The van der Waals surface area contributed by atoms with Crippen molar-refractivity contribution in [2.24, 2.45) is 23.2 Å². The summed E-state index contributed by atoms with van der Waals surface area (Å²) >= 11 is 1.80. The van der Waals surface area contributed by atoms with E-state index in [2.05, 4.69) is 15.2 Å². The molecule has 1 aromatic rings. The number of nitrogen functional groups attached to an aromatic ring is 1. The first kappa shape index (κ1) is 11.1. The van der Waals surface area contributed by atoms with Crippen LogP contribution in [0.4, 0.5) is 5.95 Å². The molecule has 0 aliphatic heterocycles. The van der Waals surface area contributed by atoms with Gasteiger partial charge in [-0.15, -0.1) is 5.10 Å². The van der Waals surface area contributed by atoms with Gasteiger partial charge >= 0.3 is 0 Å². The van der Waals surface area contributed by atoms with Crippen molar-refractivity contribution >= 4 is 17.7 Å². The average molecular weight is 264 g/mol. The van der Waals surface area contributed by atoms with E-state index in [1.165, 1.54) is 44.3 Å². The van der Waals surface area contributed by atoms with E-state index < -0.39 is 0 Å². The lowest BCUT2D eigenvalue weighted by Gasteiger charge is -2.56. The Kier molecular flexibility index (Phi) is 2.41. The number of H-pyrrole nitrogens is 1. The number of nitrogens with two attached hydrogens (primary N) is 1. The van der Waals surface area contributed by atoms with Crippen molar-refractivity contribution in [2.75, 3.05) is 11.5 Å². The number of rotatable bonds is 3. The van der Waals surface area contributed by atoms with Crippen LogP contribution < -0.4 is 5.73 Å². The Morgan fingerprint density at radius 1 is 1.17 bits per heavy atom. The maximum Gasteiger partial charge on any atom is 0.216 e. The third-order valence-corrected chi connectivity index (χ3v) is 6.35. The second kappa shape index (κ2) is 3.89. The van der Waals surface area contributed by atoms with Gasteiger partial charge in [0.25, 0.3) is 0 Å². The summed E-state index contributed by atoms with van der Waals surface area (Å²) in [6.45, 7) is 0. The Balaban J connectivity index is 1.47. The summed E-state index contributed by atoms with van der Waals surface area (Å²) in [5.74, 6) is 4.69. The molecule has 5 heteroatoms. The maximum absolute atomic E-state index is 5.57. The van der Waals surface area contributed by atoms with Gasteiger partial charge in [0.2, 0.25) is 11.1 Å². The van der Waals surface area contributed by atoms with Gasteiger partial charge in [0, 0.05) is 5.75 Å². The van der Waals surface area contributed by atoms with Crippen molar-refractivity contribution in [3.63, 3.8) is 0 Å². The number of nitrogens with zero attached hydrogens (tertiary/aromatic N) is 2. The molecule has 1 heterocycles. The molecule has 4 saturated carbocycles. The average Bonchev–Trinajstić information content (AvgIpc) is 2.71. The fourth-order valence-electron chi connectivity index (χ4n) is 5.01. The van der Waals surface area contributed by atoms with Crippen LogP contribution in [0.3, 0.4) is 0 Å². The van der Waals surface area contributed by atoms with Crippen molar-refractivity contribution in [2.45, 2.75) is 43.7 Å². The van der Waals surface area contributed by atoms with E-state index in [1.54, 1.807) is 11.8 Å². The number of thioether (sulfide) groups is 1. The third kappa shape index (κ3) is 1.83. The summed E-state index contributed by atoms with van der Waals surface area (Å²) in [5, 5.41) is 7.68. The largest absolute Gasteiger partial charge is 0.368 e. The molecule has 0 saturated heterocycles. The first-order valence-electron chi connectivity index (χ1n) is 7.01. The molecule has 4 bridgehead atoms. The number of aromatic nitrogens is 3. The Labute approximate surface area is 112 Å². The maximum atomic E-state index is 5.57. The fraction of sp³-hybridized carbons (Fsp3) is 0.846. The van der Waals surface area contributed by atoms with Crippen LogP contribution in [0, 0.1) is 23.2 Å². The molecule has 4 nitrogen and oxygen atoms in total. The quantitative estimate of drug-likeness (QED) is 0.824. The van der Waals surface area contributed by atoms with Crippen LogP contribution in [0.5, 0.6) is 0 Å². The molecule has 98 valence electrons. The summed E-state index contributed by atoms with van der Waals surface area (Å²) in [5.41, 5.74) is 6.16. The summed E-state index contributed by atoms with van der Waals surface area (Å²) in [6.07, 6.45) is 8.89. The van der Waals surface area contributed by atoms with Crippen molar-refractivity contribution < 1.29 is 0 Å². The molecule has 4 fully saturated rings. The number of hydrogen-bond donors (Lipinski definition) is 2. The minimum absolute atomic E-state index is 0.433. The summed E-state index contributed by atoms with van der Waals surface area (Å²) in [6, 6.07) is 0. The summed E-state index contributed by atoms with van der Waals surface area (Å²) in [7, 11) is 0. The molecule has 3 N–H and O–H groups in total. The van der Waals surface area contributed by atoms with Gasteiger partial charge in [-0.05, 0) is 61.7 Å². The number of aromatic amines is 1. The second-order valence-corrected chi connectivity index (χ2v) is 7.65. The fourth-order valence-corrected chi connectivity index (χ4v) is 6.07. The minimum Gasteiger partial charge on any atom is -0.368 e. The van der Waals surface area contributed by atoms with Gasteiger partial charge in [0.15, 0.2) is 0 Å². The monoisotopic (exact) mass is 264 g/mol. The molecular formula is C13H20N4S. The van der Waals surface area contributed by atoms with Gasteiger partial charge in [-0.25, -0.2) is 5.10 Å². The predicted octanol–water partition coefficient (Wildman–Crippen LogP) is 2.70. The van der Waals surface area contributed by atoms with Crippen LogP contribution in [0.2, 0.25) is 0 Å². The van der Waals surface area contributed by atoms with Crippen LogP contribution in [0.25, 0.3) is 0 Å². The third-order valence-electron chi connectivity index (χ3n) is 5.15. The lowest BCUT2D eigenvalue weighted by Crippen LogP contribution is -2.47. The summed E-state index contributed by atoms with van der Waals surface area (Å²) < 4.78 is 0. The highest BCUT2D eigenvalue weighted by atomic mass is 32.2. The number of nitrogens with one attached hydrogen (secondary N) is 1. The van der Waals surface area contributed by atoms with E-state index in [9.17, 15) is 0 Å². The predicted molar refractivity (Wildman–Crippen MR) is 72.1 cm³/mol. The van der Waals surface area contributed by atoms with Gasteiger partial charge < -0.3 is 5.73 Å². The topological polar surface area (TPSA) is 67.6 Å². The molecule has 0 amide bonds. The van der Waals surface area contributed by atoms with E-state index in [1.807, 2.05) is 0 Å². The van der Waals surface area contributed by atoms with Crippen molar-refractivity contribution in [3.8, 4) is 0 Å². The molecule has 0 aromatic carbocycles. The van der Waals surface area contributed by atoms with Crippen molar-refractivity contribution in [1.29, 1.82) is 0 Å². The normalized spacial score (nSPS) is 41.4. The molecule has 0 unspecified atom stereocenters.